The number of nitrogens with two attached hydrogens (primary N) is 2. The maximum Gasteiger partial charge on any atom is 0.0938 e. The van der Waals surface area contributed by atoms with Gasteiger partial charge in [-0.25, -0.2) is 0 Å². The van der Waals surface area contributed by atoms with Crippen LogP contribution in [0.5, 0.6) is 0 Å². The minimum absolute atomic E-state index is 0.320. The van der Waals surface area contributed by atoms with Gasteiger partial charge < -0.3 is 16.6 Å². The molecule has 1 aromatic carbocycles. The average molecular weight is 201 g/mol. The summed E-state index contributed by atoms with van der Waals surface area (Å²) in [6.07, 6.45) is -0.696. The second kappa shape index (κ2) is 3.96. The van der Waals surface area contributed by atoms with E-state index in [1.54, 1.807) is 25.1 Å². The summed E-state index contributed by atoms with van der Waals surface area (Å²) in [4.78, 5) is 0. The van der Waals surface area contributed by atoms with Crippen LogP contribution in [0.25, 0.3) is 0 Å². The first kappa shape index (κ1) is 10.3. The zero-order chi connectivity index (χ0) is 10.0. The van der Waals surface area contributed by atoms with Crippen molar-refractivity contribution in [1.82, 2.24) is 0 Å². The molecule has 0 bridgehead atoms. The quantitative estimate of drug-likeness (QED) is 0.631. The molecule has 0 aromatic heterocycles. The highest BCUT2D eigenvalue weighted by Crippen LogP contribution is 2.24. The molecule has 0 aliphatic heterocycles. The van der Waals surface area contributed by atoms with Gasteiger partial charge in [0.15, 0.2) is 0 Å². The van der Waals surface area contributed by atoms with Gasteiger partial charge in [-0.2, -0.15) is 0 Å². The number of anilines is 1. The zero-order valence-electron chi connectivity index (χ0n) is 7.37. The van der Waals surface area contributed by atoms with Crippen molar-refractivity contribution in [2.45, 2.75) is 19.1 Å². The van der Waals surface area contributed by atoms with E-state index in [-0.39, 0.29) is 6.04 Å². The van der Waals surface area contributed by atoms with Crippen LogP contribution >= 0.6 is 11.6 Å². The van der Waals surface area contributed by atoms with Crippen molar-refractivity contribution in [2.24, 2.45) is 5.73 Å². The van der Waals surface area contributed by atoms with E-state index < -0.39 is 6.10 Å². The lowest BCUT2D eigenvalue weighted by Gasteiger charge is -2.15. The van der Waals surface area contributed by atoms with Crippen molar-refractivity contribution in [1.29, 1.82) is 0 Å². The molecule has 0 heterocycles. The van der Waals surface area contributed by atoms with E-state index in [0.29, 0.717) is 16.3 Å². The predicted molar refractivity (Wildman–Crippen MR) is 54.5 cm³/mol. The van der Waals surface area contributed by atoms with E-state index in [4.69, 9.17) is 23.1 Å². The van der Waals surface area contributed by atoms with Gasteiger partial charge in [-0.05, 0) is 24.6 Å². The van der Waals surface area contributed by atoms with Crippen molar-refractivity contribution >= 4 is 17.3 Å². The summed E-state index contributed by atoms with van der Waals surface area (Å²) in [5, 5.41) is 10.0. The molecule has 0 aliphatic carbocycles. The number of aliphatic hydroxyl groups excluding tert-OH is 1. The second-order valence-electron chi connectivity index (χ2n) is 3.08. The van der Waals surface area contributed by atoms with Gasteiger partial charge in [0.25, 0.3) is 0 Å². The van der Waals surface area contributed by atoms with Crippen LogP contribution in [0, 0.1) is 0 Å². The van der Waals surface area contributed by atoms with E-state index in [9.17, 15) is 5.11 Å². The molecule has 0 saturated heterocycles. The molecule has 1 aromatic rings. The number of hydrogen-bond acceptors (Lipinski definition) is 3. The first-order valence-corrected chi connectivity index (χ1v) is 4.38. The average Bonchev–Trinajstić information content (AvgIpc) is 2.08. The van der Waals surface area contributed by atoms with Gasteiger partial charge in [-0.15, -0.1) is 0 Å². The highest BCUT2D eigenvalue weighted by molar-refractivity contribution is 6.33. The Morgan fingerprint density at radius 1 is 1.46 bits per heavy atom. The summed E-state index contributed by atoms with van der Waals surface area (Å²) in [6.45, 7) is 1.73. The zero-order valence-corrected chi connectivity index (χ0v) is 8.12. The third-order valence-corrected chi connectivity index (χ3v) is 2.19. The molecule has 0 spiro atoms. The molecule has 0 fully saturated rings. The van der Waals surface area contributed by atoms with Crippen molar-refractivity contribution in [3.8, 4) is 0 Å². The SMILES string of the molecule is C[C@H](N)[C@H](O)c1ccc(N)c(Cl)c1. The lowest BCUT2D eigenvalue weighted by molar-refractivity contribution is 0.153. The molecule has 1 rings (SSSR count). The van der Waals surface area contributed by atoms with Crippen LogP contribution < -0.4 is 11.5 Å². The molecule has 0 amide bonds. The van der Waals surface area contributed by atoms with E-state index in [1.807, 2.05) is 0 Å². The topological polar surface area (TPSA) is 72.3 Å². The Morgan fingerprint density at radius 3 is 2.54 bits per heavy atom. The van der Waals surface area contributed by atoms with E-state index >= 15 is 0 Å². The van der Waals surface area contributed by atoms with Gasteiger partial charge in [-0.3, -0.25) is 0 Å². The maximum absolute atomic E-state index is 9.59. The predicted octanol–water partition coefficient (Wildman–Crippen LogP) is 1.30. The van der Waals surface area contributed by atoms with Gasteiger partial charge in [-0.1, -0.05) is 17.7 Å². The summed E-state index contributed by atoms with van der Waals surface area (Å²) in [6, 6.07) is 4.68. The Kier molecular flexibility index (Phi) is 3.14. The lowest BCUT2D eigenvalue weighted by Crippen LogP contribution is -2.24. The van der Waals surface area contributed by atoms with Gasteiger partial charge in [0, 0.05) is 6.04 Å². The Labute approximate surface area is 82.3 Å². The third kappa shape index (κ3) is 2.34. The molecule has 3 nitrogen and oxygen atoms in total. The summed E-state index contributed by atoms with van der Waals surface area (Å²) < 4.78 is 0. The molecule has 0 aliphatic rings. The molecular weight excluding hydrogens is 188 g/mol. The molecular formula is C9H13ClN2O. The molecule has 4 heteroatoms. The number of aliphatic hydroxyl groups is 1. The van der Waals surface area contributed by atoms with Crippen LogP contribution in [0.4, 0.5) is 5.69 Å². The number of rotatable bonds is 2. The molecule has 0 saturated carbocycles. The molecule has 72 valence electrons. The Bertz CT molecular complexity index is 302. The molecule has 13 heavy (non-hydrogen) atoms. The summed E-state index contributed by atoms with van der Waals surface area (Å²) >= 11 is 5.79. The summed E-state index contributed by atoms with van der Waals surface area (Å²) in [5.41, 5.74) is 12.2. The third-order valence-electron chi connectivity index (χ3n) is 1.86. The second-order valence-corrected chi connectivity index (χ2v) is 3.49. The summed E-state index contributed by atoms with van der Waals surface area (Å²) in [5.74, 6) is 0. The van der Waals surface area contributed by atoms with Crippen LogP contribution in [-0.4, -0.2) is 11.1 Å². The standard InChI is InChI=1S/C9H13ClN2O/c1-5(11)9(13)6-2-3-8(12)7(10)4-6/h2-5,9,13H,11-12H2,1H3/t5-,9-/m0/s1. The highest BCUT2D eigenvalue weighted by atomic mass is 35.5. The Balaban J connectivity index is 2.97. The highest BCUT2D eigenvalue weighted by Gasteiger charge is 2.12. The van der Waals surface area contributed by atoms with Crippen molar-refractivity contribution in [2.75, 3.05) is 5.73 Å². The van der Waals surface area contributed by atoms with Crippen LogP contribution in [0.15, 0.2) is 18.2 Å². The van der Waals surface area contributed by atoms with Crippen molar-refractivity contribution in [3.63, 3.8) is 0 Å². The smallest absolute Gasteiger partial charge is 0.0938 e. The number of nitrogen functional groups attached to an aromatic ring is 1. The first-order chi connectivity index (χ1) is 6.02. The molecule has 2 atom stereocenters. The largest absolute Gasteiger partial charge is 0.398 e. The van der Waals surface area contributed by atoms with E-state index in [2.05, 4.69) is 0 Å². The van der Waals surface area contributed by atoms with Crippen LogP contribution in [-0.2, 0) is 0 Å². The first-order valence-electron chi connectivity index (χ1n) is 4.01. The monoisotopic (exact) mass is 200 g/mol. The van der Waals surface area contributed by atoms with E-state index in [0.717, 1.165) is 0 Å². The Hall–Kier alpha value is -0.770. The summed E-state index contributed by atoms with van der Waals surface area (Å²) in [7, 11) is 0. The Morgan fingerprint density at radius 2 is 2.08 bits per heavy atom. The fourth-order valence-electron chi connectivity index (χ4n) is 1.03. The van der Waals surface area contributed by atoms with Gasteiger partial charge in [0.1, 0.15) is 0 Å². The van der Waals surface area contributed by atoms with Crippen molar-refractivity contribution < 1.29 is 5.11 Å². The molecule has 5 N–H and O–H groups in total. The van der Waals surface area contributed by atoms with Crippen LogP contribution in [0.1, 0.15) is 18.6 Å². The normalized spacial score (nSPS) is 15.4. The fraction of sp³-hybridized carbons (Fsp3) is 0.333. The maximum atomic E-state index is 9.59. The lowest BCUT2D eigenvalue weighted by atomic mass is 10.0. The molecule has 0 radical (unpaired) electrons. The van der Waals surface area contributed by atoms with Gasteiger partial charge in [0.05, 0.1) is 16.8 Å². The van der Waals surface area contributed by atoms with Crippen molar-refractivity contribution in [3.05, 3.63) is 28.8 Å². The van der Waals surface area contributed by atoms with Crippen LogP contribution in [0.3, 0.4) is 0 Å². The minimum atomic E-state index is -0.696. The van der Waals surface area contributed by atoms with Gasteiger partial charge >= 0.3 is 0 Å². The minimum Gasteiger partial charge on any atom is -0.398 e. The number of halogens is 1. The number of benzene rings is 1. The fourth-order valence-corrected chi connectivity index (χ4v) is 1.22. The van der Waals surface area contributed by atoms with E-state index in [1.165, 1.54) is 0 Å². The number of hydrogen-bond donors (Lipinski definition) is 3. The van der Waals surface area contributed by atoms with Crippen LogP contribution in [0.2, 0.25) is 5.02 Å². The van der Waals surface area contributed by atoms with Gasteiger partial charge in [0.2, 0.25) is 0 Å². The molecule has 0 unspecified atom stereocenters.